The summed E-state index contributed by atoms with van der Waals surface area (Å²) >= 11 is 0. The second-order valence-corrected chi connectivity index (χ2v) is 15.6. The number of hydrogen-bond donors (Lipinski definition) is 2. The van der Waals surface area contributed by atoms with Gasteiger partial charge in [0.25, 0.3) is 5.78 Å². The first-order chi connectivity index (χ1) is 27.5. The van der Waals surface area contributed by atoms with Gasteiger partial charge in [-0.1, -0.05) is 24.3 Å². The summed E-state index contributed by atoms with van der Waals surface area (Å²) in [5, 5.41) is 17.3. The van der Waals surface area contributed by atoms with Crippen molar-refractivity contribution in [2.24, 2.45) is 0 Å². The second kappa shape index (κ2) is 13.5. The highest BCUT2D eigenvalue weighted by molar-refractivity contribution is 6.06. The van der Waals surface area contributed by atoms with Gasteiger partial charge in [-0.15, -0.1) is 5.10 Å². The predicted molar refractivity (Wildman–Crippen MR) is 208 cm³/mol. The highest BCUT2D eigenvalue weighted by Crippen LogP contribution is 2.53. The van der Waals surface area contributed by atoms with Crippen molar-refractivity contribution in [2.75, 3.05) is 31.2 Å². The van der Waals surface area contributed by atoms with Gasteiger partial charge in [-0.3, -0.25) is 5.10 Å². The lowest BCUT2D eigenvalue weighted by atomic mass is 9.88. The Bertz CT molecular complexity index is 2580. The summed E-state index contributed by atoms with van der Waals surface area (Å²) in [6.45, 7) is 5.15. The molecule has 13 nitrogen and oxygen atoms in total. The molecule has 1 aliphatic carbocycles. The lowest BCUT2D eigenvalue weighted by Crippen LogP contribution is -2.44. The molecule has 2 N–H and O–H groups in total. The third kappa shape index (κ3) is 5.98. The minimum atomic E-state index is -0.302. The molecular weight excluding hydrogens is 712 g/mol. The van der Waals surface area contributed by atoms with Gasteiger partial charge in [0.1, 0.15) is 29.9 Å². The van der Waals surface area contributed by atoms with Crippen molar-refractivity contribution < 1.29 is 18.6 Å². The molecule has 1 saturated carbocycles. The number of anilines is 1. The number of nitrogens with zero attached hydrogens (tertiary/aromatic N) is 8. The Morgan fingerprint density at radius 2 is 1.84 bits per heavy atom. The molecule has 3 aliphatic heterocycles. The van der Waals surface area contributed by atoms with Crippen LogP contribution in [0.2, 0.25) is 0 Å². The van der Waals surface area contributed by atoms with Crippen LogP contribution in [0.4, 0.5) is 10.2 Å². The summed E-state index contributed by atoms with van der Waals surface area (Å²) in [6.07, 6.45) is 10.6. The Morgan fingerprint density at radius 3 is 2.62 bits per heavy atom. The number of ether oxygens (including phenoxy) is 3. The van der Waals surface area contributed by atoms with E-state index in [0.29, 0.717) is 77.6 Å². The van der Waals surface area contributed by atoms with Gasteiger partial charge in [0.15, 0.2) is 11.6 Å². The summed E-state index contributed by atoms with van der Waals surface area (Å²) in [5.74, 6) is 2.75. The Labute approximate surface area is 321 Å². The van der Waals surface area contributed by atoms with Gasteiger partial charge in [0.05, 0.1) is 24.9 Å². The van der Waals surface area contributed by atoms with Gasteiger partial charge in [-0.05, 0) is 72.6 Å². The lowest BCUT2D eigenvalue weighted by Gasteiger charge is -2.31. The van der Waals surface area contributed by atoms with Gasteiger partial charge < -0.3 is 24.4 Å². The van der Waals surface area contributed by atoms with Crippen molar-refractivity contribution in [3.05, 3.63) is 95.0 Å². The number of aromatic amines is 1. The van der Waals surface area contributed by atoms with Gasteiger partial charge in [0.2, 0.25) is 0 Å². The molecule has 0 unspecified atom stereocenters. The maximum atomic E-state index is 15.9. The largest absolute Gasteiger partial charge is 0.486 e. The molecule has 4 aliphatic rings. The molecule has 7 aromatic rings. The number of piperazine rings is 1. The van der Waals surface area contributed by atoms with Gasteiger partial charge in [-0.25, -0.2) is 13.9 Å². The van der Waals surface area contributed by atoms with Crippen LogP contribution in [0.25, 0.3) is 38.7 Å². The van der Waals surface area contributed by atoms with E-state index in [2.05, 4.69) is 65.8 Å². The molecule has 0 radical (unpaired) electrons. The van der Waals surface area contributed by atoms with Crippen molar-refractivity contribution in [2.45, 2.75) is 76.2 Å². The molecule has 2 bridgehead atoms. The van der Waals surface area contributed by atoms with Crippen LogP contribution in [-0.4, -0.2) is 84.2 Å². The number of hydrogen-bond acceptors (Lipinski definition) is 11. The van der Waals surface area contributed by atoms with E-state index in [4.69, 9.17) is 24.2 Å². The van der Waals surface area contributed by atoms with Crippen LogP contribution < -0.4 is 19.7 Å². The molecule has 11 rings (SSSR count). The van der Waals surface area contributed by atoms with Gasteiger partial charge >= 0.3 is 6.01 Å². The number of H-pyrrole nitrogens is 1. The Morgan fingerprint density at radius 1 is 0.982 bits per heavy atom. The Balaban J connectivity index is 1.05. The Hall–Kier alpha value is -5.73. The van der Waals surface area contributed by atoms with E-state index < -0.39 is 0 Å². The first kappa shape index (κ1) is 33.6. The SMILES string of the molecule is Cc1c(F)cc2[nH]ncc2c1-c1c(C2CC2)cc2c(N3C[C@@H]4C[C@H]3CN4)nc(OC3CCOCC3)nc2c1OCc1ccc(Cc2nc3ncccn3n2)cc1. The third-order valence-corrected chi connectivity index (χ3v) is 11.8. The molecule has 0 amide bonds. The lowest BCUT2D eigenvalue weighted by molar-refractivity contribution is 0.0219. The van der Waals surface area contributed by atoms with E-state index in [1.54, 1.807) is 16.9 Å². The topological polar surface area (TPSA) is 140 Å². The van der Waals surface area contributed by atoms with E-state index in [1.165, 1.54) is 6.07 Å². The molecule has 56 heavy (non-hydrogen) atoms. The van der Waals surface area contributed by atoms with E-state index in [9.17, 15) is 0 Å². The van der Waals surface area contributed by atoms with Crippen LogP contribution in [0.5, 0.6) is 11.8 Å². The molecule has 284 valence electrons. The van der Waals surface area contributed by atoms with Crippen LogP contribution in [-0.2, 0) is 17.8 Å². The quantitative estimate of drug-likeness (QED) is 0.165. The molecule has 4 fully saturated rings. The standard InChI is InChI=1S/C42H41FN10O3/c1-23-33(43)18-34-32(20-46-50-34)36(23)37-30(26-7-8-26)17-31-38(48-42(56-29-9-13-54-14-10-29)49-40(31)52-21-27-16-28(52)19-45-27)39(37)55-22-25-5-3-24(4-6-25)15-35-47-41-44-11-2-12-53(41)51-35/h2-6,11-12,17-18,20,26-29,45H,7-10,13-16,19,21-22H2,1H3,(H,46,50)/t27-,28-/m0/s1. The molecule has 2 atom stereocenters. The maximum absolute atomic E-state index is 15.9. The Kier molecular flexibility index (Phi) is 8.09. The zero-order chi connectivity index (χ0) is 37.3. The fraction of sp³-hybridized carbons (Fsp3) is 0.381. The fourth-order valence-electron chi connectivity index (χ4n) is 8.80. The monoisotopic (exact) mass is 752 g/mol. The molecule has 3 aromatic carbocycles. The average Bonchev–Trinajstić information content (AvgIpc) is 3.51. The first-order valence-corrected chi connectivity index (χ1v) is 19.6. The number of benzene rings is 3. The summed E-state index contributed by atoms with van der Waals surface area (Å²) in [5.41, 5.74) is 6.65. The van der Waals surface area contributed by atoms with Gasteiger partial charge in [-0.2, -0.15) is 20.1 Å². The minimum Gasteiger partial charge on any atom is -0.486 e. The average molecular weight is 753 g/mol. The molecule has 3 saturated heterocycles. The van der Waals surface area contributed by atoms with Crippen LogP contribution in [0, 0.1) is 12.7 Å². The highest BCUT2D eigenvalue weighted by atomic mass is 19.1. The van der Waals surface area contributed by atoms with E-state index >= 15 is 4.39 Å². The summed E-state index contributed by atoms with van der Waals surface area (Å²) in [6, 6.07) is 15.0. The molecule has 14 heteroatoms. The molecule has 4 aromatic heterocycles. The number of aromatic nitrogens is 8. The summed E-state index contributed by atoms with van der Waals surface area (Å²) < 4.78 is 36.9. The molecule has 7 heterocycles. The van der Waals surface area contributed by atoms with Crippen molar-refractivity contribution in [1.29, 1.82) is 0 Å². The predicted octanol–water partition coefficient (Wildman–Crippen LogP) is 6.21. The van der Waals surface area contributed by atoms with Crippen molar-refractivity contribution in [3.8, 4) is 22.9 Å². The summed E-state index contributed by atoms with van der Waals surface area (Å²) in [7, 11) is 0. The van der Waals surface area contributed by atoms with Crippen molar-refractivity contribution in [1.82, 2.24) is 45.1 Å². The van der Waals surface area contributed by atoms with Crippen molar-refractivity contribution >= 4 is 33.4 Å². The first-order valence-electron chi connectivity index (χ1n) is 19.6. The molecular formula is C42H41FN10O3. The molecule has 0 spiro atoms. The second-order valence-electron chi connectivity index (χ2n) is 15.6. The summed E-state index contributed by atoms with van der Waals surface area (Å²) in [4.78, 5) is 21.7. The van der Waals surface area contributed by atoms with Gasteiger partial charge in [0, 0.05) is 78.7 Å². The van der Waals surface area contributed by atoms with E-state index in [1.807, 2.05) is 19.2 Å². The maximum Gasteiger partial charge on any atom is 0.319 e. The minimum absolute atomic E-state index is 0.0538. The third-order valence-electron chi connectivity index (χ3n) is 11.8. The highest BCUT2D eigenvalue weighted by Gasteiger charge is 2.41. The van der Waals surface area contributed by atoms with Crippen molar-refractivity contribution in [3.63, 3.8) is 0 Å². The van der Waals surface area contributed by atoms with Crippen LogP contribution in [0.3, 0.4) is 0 Å². The van der Waals surface area contributed by atoms with Crippen LogP contribution >= 0.6 is 0 Å². The van der Waals surface area contributed by atoms with E-state index in [-0.39, 0.29) is 18.5 Å². The van der Waals surface area contributed by atoms with Crippen LogP contribution in [0.15, 0.2) is 61.1 Å². The fourth-order valence-corrected chi connectivity index (χ4v) is 8.80. The zero-order valence-electron chi connectivity index (χ0n) is 31.0. The zero-order valence-corrected chi connectivity index (χ0v) is 31.0. The number of rotatable bonds is 10. The van der Waals surface area contributed by atoms with E-state index in [0.717, 1.165) is 89.6 Å². The number of fused-ring (bicyclic) bond motifs is 5. The van der Waals surface area contributed by atoms with Crippen LogP contribution in [0.1, 0.15) is 66.1 Å². The number of halogens is 1. The number of nitrogens with one attached hydrogen (secondary N) is 2. The smallest absolute Gasteiger partial charge is 0.319 e. The normalized spacial score (nSPS) is 19.9.